The Labute approximate surface area is 182 Å². The van der Waals surface area contributed by atoms with Gasteiger partial charge in [0, 0.05) is 20.1 Å². The van der Waals surface area contributed by atoms with Crippen molar-refractivity contribution in [3.8, 4) is 11.1 Å². The van der Waals surface area contributed by atoms with E-state index in [9.17, 15) is 16.8 Å². The van der Waals surface area contributed by atoms with Gasteiger partial charge >= 0.3 is 0 Å². The number of piperidine rings is 1. The molecule has 2 heterocycles. The first kappa shape index (κ1) is 21.7. The second kappa shape index (κ2) is 8.18. The zero-order valence-corrected chi connectivity index (χ0v) is 19.0. The number of nitrogens with zero attached hydrogens (tertiary/aromatic N) is 4. The van der Waals surface area contributed by atoms with Gasteiger partial charge in [-0.3, -0.25) is 0 Å². The van der Waals surface area contributed by atoms with Crippen LogP contribution in [0.4, 0.5) is 0 Å². The molecule has 3 aromatic rings. The third-order valence-electron chi connectivity index (χ3n) is 5.64. The van der Waals surface area contributed by atoms with Crippen molar-refractivity contribution in [1.29, 1.82) is 0 Å². The summed E-state index contributed by atoms with van der Waals surface area (Å²) < 4.78 is 54.5. The largest absolute Gasteiger partial charge is 0.308 e. The summed E-state index contributed by atoms with van der Waals surface area (Å²) >= 11 is 0. The van der Waals surface area contributed by atoms with Crippen molar-refractivity contribution < 1.29 is 16.8 Å². The molecule has 1 saturated heterocycles. The molecule has 1 aromatic heterocycles. The Bertz CT molecular complexity index is 1270. The maximum Gasteiger partial charge on any atom is 0.249 e. The van der Waals surface area contributed by atoms with Gasteiger partial charge in [-0.2, -0.15) is 4.31 Å². The van der Waals surface area contributed by atoms with E-state index in [1.54, 1.807) is 31.3 Å². The number of sulfone groups is 1. The summed E-state index contributed by atoms with van der Waals surface area (Å²) in [6.45, 7) is 2.30. The minimum Gasteiger partial charge on any atom is -0.308 e. The van der Waals surface area contributed by atoms with Crippen molar-refractivity contribution in [3.63, 3.8) is 0 Å². The highest BCUT2D eigenvalue weighted by molar-refractivity contribution is 7.92. The van der Waals surface area contributed by atoms with E-state index in [0.717, 1.165) is 16.7 Å². The highest BCUT2D eigenvalue weighted by Gasteiger charge is 2.37. The molecular weight excluding hydrogens is 436 g/mol. The lowest BCUT2D eigenvalue weighted by molar-refractivity contribution is 0.344. The molecular formula is C21H24N4O4S2. The van der Waals surface area contributed by atoms with Crippen LogP contribution < -0.4 is 0 Å². The summed E-state index contributed by atoms with van der Waals surface area (Å²) in [7, 11) is -5.77. The summed E-state index contributed by atoms with van der Waals surface area (Å²) in [6.07, 6.45) is 1.78. The van der Waals surface area contributed by atoms with Crippen LogP contribution in [-0.4, -0.2) is 54.2 Å². The van der Waals surface area contributed by atoms with Crippen LogP contribution in [0.5, 0.6) is 0 Å². The standard InChI is InChI=1S/C21H24N4O4S2/c1-16-3-5-17(6-4-16)18-7-9-20(10-8-18)31(28,29)25-13-11-19(12-14-25)30(26,27)21-23-22-15-24(21)2/h3-10,15,19H,11-14H2,1-2H3. The Kier molecular flexibility index (Phi) is 5.71. The minimum absolute atomic E-state index is 0.0829. The number of hydrogen-bond acceptors (Lipinski definition) is 6. The van der Waals surface area contributed by atoms with Crippen molar-refractivity contribution in [2.45, 2.75) is 35.1 Å². The molecule has 164 valence electrons. The Hall–Kier alpha value is -2.56. The first-order chi connectivity index (χ1) is 14.7. The normalized spacial score (nSPS) is 16.5. The Balaban J connectivity index is 1.48. The van der Waals surface area contributed by atoms with E-state index in [2.05, 4.69) is 10.2 Å². The van der Waals surface area contributed by atoms with Crippen molar-refractivity contribution in [3.05, 3.63) is 60.4 Å². The number of aromatic nitrogens is 3. The molecule has 0 saturated carbocycles. The van der Waals surface area contributed by atoms with Gasteiger partial charge in [0.05, 0.1) is 10.1 Å². The van der Waals surface area contributed by atoms with Gasteiger partial charge in [0.25, 0.3) is 0 Å². The topological polar surface area (TPSA) is 102 Å². The van der Waals surface area contributed by atoms with Gasteiger partial charge in [-0.05, 0) is 43.0 Å². The van der Waals surface area contributed by atoms with Crippen molar-refractivity contribution in [2.24, 2.45) is 7.05 Å². The highest BCUT2D eigenvalue weighted by atomic mass is 32.2. The van der Waals surface area contributed by atoms with E-state index < -0.39 is 25.1 Å². The number of hydrogen-bond donors (Lipinski definition) is 0. The molecule has 1 fully saturated rings. The average Bonchev–Trinajstić information content (AvgIpc) is 3.21. The first-order valence-electron chi connectivity index (χ1n) is 9.95. The molecule has 8 nitrogen and oxygen atoms in total. The van der Waals surface area contributed by atoms with Gasteiger partial charge in [0.1, 0.15) is 6.33 Å². The zero-order chi connectivity index (χ0) is 22.2. The molecule has 31 heavy (non-hydrogen) atoms. The summed E-state index contributed by atoms with van der Waals surface area (Å²) in [5.74, 6) is 0. The number of sulfonamides is 1. The fourth-order valence-electron chi connectivity index (χ4n) is 3.78. The van der Waals surface area contributed by atoms with Crippen LogP contribution in [0.15, 0.2) is 64.9 Å². The summed E-state index contributed by atoms with van der Waals surface area (Å²) in [4.78, 5) is 0.206. The molecule has 1 aliphatic rings. The molecule has 0 spiro atoms. The van der Waals surface area contributed by atoms with E-state index in [-0.39, 0.29) is 36.0 Å². The predicted molar refractivity (Wildman–Crippen MR) is 117 cm³/mol. The highest BCUT2D eigenvalue weighted by Crippen LogP contribution is 2.28. The smallest absolute Gasteiger partial charge is 0.249 e. The minimum atomic E-state index is -3.69. The molecule has 10 heteroatoms. The van der Waals surface area contributed by atoms with E-state index in [0.29, 0.717) is 0 Å². The lowest BCUT2D eigenvalue weighted by atomic mass is 10.0. The van der Waals surface area contributed by atoms with Crippen LogP contribution in [0.3, 0.4) is 0 Å². The van der Waals surface area contributed by atoms with E-state index in [1.165, 1.54) is 15.2 Å². The third kappa shape index (κ3) is 4.15. The summed E-state index contributed by atoms with van der Waals surface area (Å²) in [5, 5.41) is 6.59. The molecule has 2 aromatic carbocycles. The lowest BCUT2D eigenvalue weighted by Gasteiger charge is -2.30. The van der Waals surface area contributed by atoms with Gasteiger partial charge in [-0.15, -0.1) is 10.2 Å². The predicted octanol–water partition coefficient (Wildman–Crippen LogP) is 2.42. The maximum absolute atomic E-state index is 13.1. The molecule has 1 aliphatic heterocycles. The average molecular weight is 461 g/mol. The molecule has 0 aliphatic carbocycles. The number of benzene rings is 2. The molecule has 0 amide bonds. The first-order valence-corrected chi connectivity index (χ1v) is 12.9. The van der Waals surface area contributed by atoms with Crippen LogP contribution in [-0.2, 0) is 26.9 Å². The summed E-state index contributed by atoms with van der Waals surface area (Å²) in [6, 6.07) is 14.8. The van der Waals surface area contributed by atoms with Crippen LogP contribution in [0, 0.1) is 6.92 Å². The molecule has 0 radical (unpaired) electrons. The van der Waals surface area contributed by atoms with Crippen LogP contribution in [0.1, 0.15) is 18.4 Å². The molecule has 4 rings (SSSR count). The van der Waals surface area contributed by atoms with Gasteiger partial charge < -0.3 is 4.57 Å². The Morgan fingerprint density at radius 3 is 1.94 bits per heavy atom. The lowest BCUT2D eigenvalue weighted by Crippen LogP contribution is -2.42. The Morgan fingerprint density at radius 1 is 0.871 bits per heavy atom. The van der Waals surface area contributed by atoms with Crippen molar-refractivity contribution in [2.75, 3.05) is 13.1 Å². The van der Waals surface area contributed by atoms with Gasteiger partial charge in [0.2, 0.25) is 25.0 Å². The van der Waals surface area contributed by atoms with E-state index >= 15 is 0 Å². The number of rotatable bonds is 5. The maximum atomic E-state index is 13.1. The van der Waals surface area contributed by atoms with Gasteiger partial charge in [0.15, 0.2) is 0 Å². The summed E-state index contributed by atoms with van der Waals surface area (Å²) in [5.41, 5.74) is 3.12. The second-order valence-electron chi connectivity index (χ2n) is 7.76. The van der Waals surface area contributed by atoms with Crippen molar-refractivity contribution in [1.82, 2.24) is 19.1 Å². The fraction of sp³-hybridized carbons (Fsp3) is 0.333. The Morgan fingerprint density at radius 2 is 1.42 bits per heavy atom. The monoisotopic (exact) mass is 460 g/mol. The quantitative estimate of drug-likeness (QED) is 0.579. The van der Waals surface area contributed by atoms with Gasteiger partial charge in [-0.1, -0.05) is 42.0 Å². The molecule has 0 N–H and O–H groups in total. The SMILES string of the molecule is Cc1ccc(-c2ccc(S(=O)(=O)N3CCC(S(=O)(=O)c4nncn4C)CC3)cc2)cc1. The zero-order valence-electron chi connectivity index (χ0n) is 17.3. The molecule has 0 unspecified atom stereocenters. The van der Waals surface area contributed by atoms with E-state index in [1.807, 2.05) is 31.2 Å². The third-order valence-corrected chi connectivity index (χ3v) is 9.78. The molecule has 0 atom stereocenters. The van der Waals surface area contributed by atoms with E-state index in [4.69, 9.17) is 0 Å². The van der Waals surface area contributed by atoms with Crippen LogP contribution in [0.2, 0.25) is 0 Å². The number of aryl methyl sites for hydroxylation is 2. The van der Waals surface area contributed by atoms with Crippen LogP contribution >= 0.6 is 0 Å². The molecule has 0 bridgehead atoms. The van der Waals surface area contributed by atoms with Crippen molar-refractivity contribution >= 4 is 19.9 Å². The van der Waals surface area contributed by atoms with Gasteiger partial charge in [-0.25, -0.2) is 16.8 Å². The second-order valence-corrected chi connectivity index (χ2v) is 11.8. The van der Waals surface area contributed by atoms with Crippen LogP contribution in [0.25, 0.3) is 11.1 Å². The fourth-order valence-corrected chi connectivity index (χ4v) is 6.99.